The van der Waals surface area contributed by atoms with Gasteiger partial charge in [-0.15, -0.1) is 0 Å². The summed E-state index contributed by atoms with van der Waals surface area (Å²) in [4.78, 5) is 11.8. The van der Waals surface area contributed by atoms with Gasteiger partial charge in [0.1, 0.15) is 5.75 Å². The average Bonchev–Trinajstić information content (AvgIpc) is 2.35. The molecule has 1 amide bonds. The first-order valence-corrected chi connectivity index (χ1v) is 7.09. The number of hydrogen-bond donors (Lipinski definition) is 2. The Morgan fingerprint density at radius 2 is 2.00 bits per heavy atom. The van der Waals surface area contributed by atoms with E-state index >= 15 is 0 Å². The molecule has 0 bridgehead atoms. The lowest BCUT2D eigenvalue weighted by molar-refractivity contribution is -0.124. The number of rotatable bonds is 6. The standard InChI is InChI=1S/C16H26N2O2/c1-5-13(17)10-12-8-6-7-9-14(12)20-11-15(19)18-16(2,3)4/h6-9,13H,5,10-11,17H2,1-4H3,(H,18,19). The molecule has 112 valence electrons. The number of nitrogens with one attached hydrogen (secondary N) is 1. The number of ether oxygens (including phenoxy) is 1. The van der Waals surface area contributed by atoms with Crippen LogP contribution in [0.25, 0.3) is 0 Å². The summed E-state index contributed by atoms with van der Waals surface area (Å²) >= 11 is 0. The van der Waals surface area contributed by atoms with Crippen LogP contribution in [0.5, 0.6) is 5.75 Å². The zero-order valence-electron chi connectivity index (χ0n) is 12.9. The number of hydrogen-bond acceptors (Lipinski definition) is 3. The van der Waals surface area contributed by atoms with Crippen molar-refractivity contribution in [3.63, 3.8) is 0 Å². The van der Waals surface area contributed by atoms with Crippen molar-refractivity contribution in [1.29, 1.82) is 0 Å². The first-order valence-electron chi connectivity index (χ1n) is 7.09. The zero-order chi connectivity index (χ0) is 15.2. The van der Waals surface area contributed by atoms with Crippen molar-refractivity contribution in [2.75, 3.05) is 6.61 Å². The van der Waals surface area contributed by atoms with Gasteiger partial charge in [-0.3, -0.25) is 4.79 Å². The van der Waals surface area contributed by atoms with E-state index in [1.807, 2.05) is 45.0 Å². The van der Waals surface area contributed by atoms with Gasteiger partial charge in [-0.1, -0.05) is 25.1 Å². The maximum Gasteiger partial charge on any atom is 0.258 e. The molecular weight excluding hydrogens is 252 g/mol. The van der Waals surface area contributed by atoms with Crippen LogP contribution < -0.4 is 15.8 Å². The second-order valence-electron chi connectivity index (χ2n) is 6.07. The lowest BCUT2D eigenvalue weighted by Crippen LogP contribution is -2.43. The maximum atomic E-state index is 11.8. The van der Waals surface area contributed by atoms with Gasteiger partial charge in [0.15, 0.2) is 6.61 Å². The monoisotopic (exact) mass is 278 g/mol. The lowest BCUT2D eigenvalue weighted by atomic mass is 10.0. The van der Waals surface area contributed by atoms with Gasteiger partial charge < -0.3 is 15.8 Å². The van der Waals surface area contributed by atoms with Gasteiger partial charge in [-0.25, -0.2) is 0 Å². The van der Waals surface area contributed by atoms with E-state index in [0.717, 1.165) is 24.2 Å². The zero-order valence-corrected chi connectivity index (χ0v) is 12.9. The molecule has 1 unspecified atom stereocenters. The van der Waals surface area contributed by atoms with Gasteiger partial charge in [0.2, 0.25) is 0 Å². The normalized spacial score (nSPS) is 12.8. The van der Waals surface area contributed by atoms with Crippen molar-refractivity contribution in [2.45, 2.75) is 52.1 Å². The Morgan fingerprint density at radius 1 is 1.35 bits per heavy atom. The number of carbonyl (C=O) groups is 1. The molecule has 4 nitrogen and oxygen atoms in total. The van der Waals surface area contributed by atoms with E-state index in [1.54, 1.807) is 0 Å². The summed E-state index contributed by atoms with van der Waals surface area (Å²) < 4.78 is 5.62. The minimum Gasteiger partial charge on any atom is -0.483 e. The van der Waals surface area contributed by atoms with E-state index in [0.29, 0.717) is 0 Å². The second kappa shape index (κ2) is 7.29. The van der Waals surface area contributed by atoms with Crippen LogP contribution >= 0.6 is 0 Å². The molecule has 0 heterocycles. The minimum atomic E-state index is -0.246. The van der Waals surface area contributed by atoms with Crippen LogP contribution in [0.2, 0.25) is 0 Å². The predicted octanol–water partition coefficient (Wildman–Crippen LogP) is 2.26. The highest BCUT2D eigenvalue weighted by Crippen LogP contribution is 2.19. The molecule has 0 spiro atoms. The number of amides is 1. The van der Waals surface area contributed by atoms with E-state index in [2.05, 4.69) is 12.2 Å². The Labute approximate surface area is 121 Å². The number of benzene rings is 1. The molecule has 0 aromatic heterocycles. The lowest BCUT2D eigenvalue weighted by Gasteiger charge is -2.21. The molecule has 0 saturated heterocycles. The molecule has 0 aliphatic heterocycles. The molecule has 1 aromatic rings. The maximum absolute atomic E-state index is 11.8. The molecular formula is C16H26N2O2. The topological polar surface area (TPSA) is 64.3 Å². The van der Waals surface area contributed by atoms with Gasteiger partial charge in [0.25, 0.3) is 5.91 Å². The molecule has 3 N–H and O–H groups in total. The smallest absolute Gasteiger partial charge is 0.258 e. The quantitative estimate of drug-likeness (QED) is 0.839. The summed E-state index contributed by atoms with van der Waals surface area (Å²) in [6, 6.07) is 7.84. The summed E-state index contributed by atoms with van der Waals surface area (Å²) in [5.41, 5.74) is 6.78. The first-order chi connectivity index (χ1) is 9.31. The second-order valence-corrected chi connectivity index (χ2v) is 6.07. The molecule has 20 heavy (non-hydrogen) atoms. The third-order valence-corrected chi connectivity index (χ3v) is 2.85. The van der Waals surface area contributed by atoms with Gasteiger partial charge >= 0.3 is 0 Å². The highest BCUT2D eigenvalue weighted by atomic mass is 16.5. The summed E-state index contributed by atoms with van der Waals surface area (Å²) in [6.45, 7) is 7.91. The molecule has 0 radical (unpaired) electrons. The molecule has 1 rings (SSSR count). The fourth-order valence-corrected chi connectivity index (χ4v) is 1.84. The van der Waals surface area contributed by atoms with Crippen LogP contribution in [0.15, 0.2) is 24.3 Å². The van der Waals surface area contributed by atoms with E-state index in [-0.39, 0.29) is 24.1 Å². The van der Waals surface area contributed by atoms with Crippen LogP contribution in [0.1, 0.15) is 39.7 Å². The Balaban J connectivity index is 2.61. The SMILES string of the molecule is CCC(N)Cc1ccccc1OCC(=O)NC(C)(C)C. The fourth-order valence-electron chi connectivity index (χ4n) is 1.84. The number of para-hydroxylation sites is 1. The van der Waals surface area contributed by atoms with Gasteiger partial charge in [0, 0.05) is 11.6 Å². The van der Waals surface area contributed by atoms with Crippen LogP contribution in [-0.2, 0) is 11.2 Å². The summed E-state index contributed by atoms with van der Waals surface area (Å²) in [6.07, 6.45) is 1.67. The van der Waals surface area contributed by atoms with E-state index in [9.17, 15) is 4.79 Å². The van der Waals surface area contributed by atoms with Crippen molar-refractivity contribution in [3.05, 3.63) is 29.8 Å². The Kier molecular flexibility index (Phi) is 6.02. The highest BCUT2D eigenvalue weighted by molar-refractivity contribution is 5.78. The number of nitrogens with two attached hydrogens (primary N) is 1. The Bertz CT molecular complexity index is 438. The van der Waals surface area contributed by atoms with E-state index < -0.39 is 0 Å². The molecule has 0 fully saturated rings. The fraction of sp³-hybridized carbons (Fsp3) is 0.562. The van der Waals surface area contributed by atoms with Crippen LogP contribution in [0.4, 0.5) is 0 Å². The van der Waals surface area contributed by atoms with E-state index in [4.69, 9.17) is 10.5 Å². The van der Waals surface area contributed by atoms with Crippen LogP contribution in [0, 0.1) is 0 Å². The third-order valence-electron chi connectivity index (χ3n) is 2.85. The van der Waals surface area contributed by atoms with Gasteiger partial charge in [0.05, 0.1) is 0 Å². The van der Waals surface area contributed by atoms with Gasteiger partial charge in [-0.05, 0) is 45.2 Å². The highest BCUT2D eigenvalue weighted by Gasteiger charge is 2.15. The average molecular weight is 278 g/mol. The minimum absolute atomic E-state index is 0.0235. The first kappa shape index (κ1) is 16.5. The number of carbonyl (C=O) groups excluding carboxylic acids is 1. The van der Waals surface area contributed by atoms with Crippen molar-refractivity contribution in [1.82, 2.24) is 5.32 Å². The van der Waals surface area contributed by atoms with Crippen molar-refractivity contribution in [2.24, 2.45) is 5.73 Å². The molecule has 0 aliphatic rings. The summed E-state index contributed by atoms with van der Waals surface area (Å²) in [5, 5.41) is 2.87. The Morgan fingerprint density at radius 3 is 2.60 bits per heavy atom. The predicted molar refractivity (Wildman–Crippen MR) is 81.8 cm³/mol. The molecule has 0 aliphatic carbocycles. The van der Waals surface area contributed by atoms with Crippen molar-refractivity contribution in [3.8, 4) is 5.75 Å². The van der Waals surface area contributed by atoms with E-state index in [1.165, 1.54) is 0 Å². The molecule has 0 saturated carbocycles. The largest absolute Gasteiger partial charge is 0.483 e. The van der Waals surface area contributed by atoms with Gasteiger partial charge in [-0.2, -0.15) is 0 Å². The Hall–Kier alpha value is -1.55. The van der Waals surface area contributed by atoms with Crippen LogP contribution in [0.3, 0.4) is 0 Å². The molecule has 1 aromatic carbocycles. The van der Waals surface area contributed by atoms with Crippen LogP contribution in [-0.4, -0.2) is 24.1 Å². The summed E-state index contributed by atoms with van der Waals surface area (Å²) in [5.74, 6) is 0.618. The molecule has 4 heteroatoms. The third kappa shape index (κ3) is 6.06. The summed E-state index contributed by atoms with van der Waals surface area (Å²) in [7, 11) is 0. The van der Waals surface area contributed by atoms with Crippen molar-refractivity contribution < 1.29 is 9.53 Å². The molecule has 1 atom stereocenters. The van der Waals surface area contributed by atoms with Crippen molar-refractivity contribution >= 4 is 5.91 Å².